The van der Waals surface area contributed by atoms with Crippen molar-refractivity contribution in [3.05, 3.63) is 71.3 Å². The van der Waals surface area contributed by atoms with Crippen molar-refractivity contribution in [2.45, 2.75) is 26.2 Å². The summed E-state index contributed by atoms with van der Waals surface area (Å²) in [5.41, 5.74) is 2.24. The average molecular weight is 300 g/mol. The molecule has 0 aliphatic rings. The van der Waals surface area contributed by atoms with Gasteiger partial charge in [0.25, 0.3) is 0 Å². The van der Waals surface area contributed by atoms with Crippen LogP contribution < -0.4 is 0 Å². The molecule has 0 heterocycles. The van der Waals surface area contributed by atoms with Crippen LogP contribution in [0.5, 0.6) is 0 Å². The van der Waals surface area contributed by atoms with Crippen molar-refractivity contribution in [1.29, 1.82) is 0 Å². The van der Waals surface area contributed by atoms with Crippen molar-refractivity contribution in [2.24, 2.45) is 0 Å². The quantitative estimate of drug-likeness (QED) is 0.720. The average Bonchev–Trinajstić information content (AvgIpc) is 2.44. The van der Waals surface area contributed by atoms with Crippen molar-refractivity contribution >= 4 is 11.9 Å². The van der Waals surface area contributed by atoms with E-state index in [9.17, 15) is 19.8 Å². The SMILES string of the molecule is C=CCc1c(C)c(CC=C)c(C(=O)O)c(C(=O)O)c1CC=C. The fourth-order valence-electron chi connectivity index (χ4n) is 2.71. The van der Waals surface area contributed by atoms with Crippen molar-refractivity contribution in [3.8, 4) is 0 Å². The number of hydrogen-bond donors (Lipinski definition) is 2. The van der Waals surface area contributed by atoms with Crippen molar-refractivity contribution in [2.75, 3.05) is 0 Å². The highest BCUT2D eigenvalue weighted by atomic mass is 16.4. The molecule has 0 aliphatic carbocycles. The summed E-state index contributed by atoms with van der Waals surface area (Å²) in [6.45, 7) is 12.8. The fraction of sp³-hybridized carbons (Fsp3) is 0.222. The van der Waals surface area contributed by atoms with E-state index >= 15 is 0 Å². The number of carboxylic acids is 2. The first-order valence-corrected chi connectivity index (χ1v) is 6.87. The molecule has 0 spiro atoms. The smallest absolute Gasteiger partial charge is 0.336 e. The fourth-order valence-corrected chi connectivity index (χ4v) is 2.71. The molecule has 0 radical (unpaired) electrons. The van der Waals surface area contributed by atoms with Gasteiger partial charge in [0.05, 0.1) is 11.1 Å². The molecule has 0 amide bonds. The van der Waals surface area contributed by atoms with Crippen LogP contribution in [-0.2, 0) is 19.3 Å². The van der Waals surface area contributed by atoms with E-state index in [1.807, 2.05) is 6.92 Å². The molecule has 0 unspecified atom stereocenters. The monoisotopic (exact) mass is 300 g/mol. The number of allylic oxidation sites excluding steroid dienone is 3. The zero-order valence-electron chi connectivity index (χ0n) is 12.7. The lowest BCUT2D eigenvalue weighted by molar-refractivity contribution is 0.0649. The zero-order chi connectivity index (χ0) is 16.9. The lowest BCUT2D eigenvalue weighted by Gasteiger charge is -2.20. The van der Waals surface area contributed by atoms with E-state index < -0.39 is 11.9 Å². The Morgan fingerprint density at radius 3 is 1.59 bits per heavy atom. The maximum absolute atomic E-state index is 11.7. The Hall–Kier alpha value is -2.62. The second-order valence-electron chi connectivity index (χ2n) is 4.90. The number of hydrogen-bond acceptors (Lipinski definition) is 2. The Kier molecular flexibility index (Phi) is 5.87. The molecule has 0 aromatic heterocycles. The van der Waals surface area contributed by atoms with Crippen LogP contribution in [-0.4, -0.2) is 22.2 Å². The summed E-state index contributed by atoms with van der Waals surface area (Å²) in [5.74, 6) is -2.49. The third-order valence-corrected chi connectivity index (χ3v) is 3.60. The minimum atomic E-state index is -1.25. The van der Waals surface area contributed by atoms with E-state index in [2.05, 4.69) is 19.7 Å². The van der Waals surface area contributed by atoms with Crippen LogP contribution in [0.1, 0.15) is 43.0 Å². The summed E-state index contributed by atoms with van der Waals surface area (Å²) in [7, 11) is 0. The van der Waals surface area contributed by atoms with Crippen LogP contribution in [0.15, 0.2) is 38.0 Å². The molecule has 0 fully saturated rings. The van der Waals surface area contributed by atoms with Crippen molar-refractivity contribution in [3.63, 3.8) is 0 Å². The summed E-state index contributed by atoms with van der Waals surface area (Å²) in [6.07, 6.45) is 5.89. The van der Waals surface area contributed by atoms with Gasteiger partial charge in [-0.2, -0.15) is 0 Å². The van der Waals surface area contributed by atoms with E-state index in [4.69, 9.17) is 0 Å². The van der Waals surface area contributed by atoms with Crippen molar-refractivity contribution in [1.82, 2.24) is 0 Å². The van der Waals surface area contributed by atoms with E-state index in [0.717, 1.165) is 11.1 Å². The van der Waals surface area contributed by atoms with E-state index in [0.29, 0.717) is 30.4 Å². The van der Waals surface area contributed by atoms with E-state index in [1.54, 1.807) is 18.2 Å². The first kappa shape index (κ1) is 17.4. The topological polar surface area (TPSA) is 74.6 Å². The molecule has 1 aromatic rings. The third-order valence-electron chi connectivity index (χ3n) is 3.60. The number of benzene rings is 1. The molecule has 116 valence electrons. The number of rotatable bonds is 8. The minimum absolute atomic E-state index is 0.158. The van der Waals surface area contributed by atoms with Gasteiger partial charge in [0.2, 0.25) is 0 Å². The van der Waals surface area contributed by atoms with Crippen LogP contribution >= 0.6 is 0 Å². The van der Waals surface area contributed by atoms with Crippen LogP contribution in [0.3, 0.4) is 0 Å². The van der Waals surface area contributed by atoms with Crippen LogP contribution in [0.25, 0.3) is 0 Å². The molecule has 22 heavy (non-hydrogen) atoms. The Morgan fingerprint density at radius 1 is 0.818 bits per heavy atom. The van der Waals surface area contributed by atoms with Crippen molar-refractivity contribution < 1.29 is 19.8 Å². The Bertz CT molecular complexity index is 654. The Labute approximate surface area is 130 Å². The van der Waals surface area contributed by atoms with Gasteiger partial charge in [-0.25, -0.2) is 9.59 Å². The van der Waals surface area contributed by atoms with Gasteiger partial charge < -0.3 is 10.2 Å². The maximum Gasteiger partial charge on any atom is 0.336 e. The van der Waals surface area contributed by atoms with Crippen LogP contribution in [0, 0.1) is 6.92 Å². The van der Waals surface area contributed by atoms with Gasteiger partial charge in [0.1, 0.15) is 0 Å². The molecule has 0 bridgehead atoms. The Morgan fingerprint density at radius 2 is 1.18 bits per heavy atom. The molecule has 1 rings (SSSR count). The zero-order valence-corrected chi connectivity index (χ0v) is 12.7. The van der Waals surface area contributed by atoms with Gasteiger partial charge >= 0.3 is 11.9 Å². The Balaban J connectivity index is 3.99. The highest BCUT2D eigenvalue weighted by molar-refractivity contribution is 6.04. The lowest BCUT2D eigenvalue weighted by atomic mass is 9.83. The van der Waals surface area contributed by atoms with Gasteiger partial charge in [0.15, 0.2) is 0 Å². The molecule has 1 aromatic carbocycles. The van der Waals surface area contributed by atoms with Gasteiger partial charge in [0, 0.05) is 0 Å². The number of carbonyl (C=O) groups is 2. The molecule has 0 aliphatic heterocycles. The second-order valence-corrected chi connectivity index (χ2v) is 4.90. The van der Waals surface area contributed by atoms with Crippen LogP contribution in [0.2, 0.25) is 0 Å². The molecule has 0 saturated carbocycles. The van der Waals surface area contributed by atoms with Gasteiger partial charge in [-0.05, 0) is 48.4 Å². The summed E-state index contributed by atoms with van der Waals surface area (Å²) < 4.78 is 0. The predicted molar refractivity (Wildman–Crippen MR) is 86.8 cm³/mol. The molecular weight excluding hydrogens is 280 g/mol. The number of carboxylic acid groups (broad SMARTS) is 2. The molecule has 2 N–H and O–H groups in total. The summed E-state index contributed by atoms with van der Waals surface area (Å²) in [6, 6.07) is 0. The van der Waals surface area contributed by atoms with E-state index in [1.165, 1.54) is 0 Å². The molecule has 4 heteroatoms. The van der Waals surface area contributed by atoms with E-state index in [-0.39, 0.29) is 11.1 Å². The van der Waals surface area contributed by atoms with Gasteiger partial charge in [-0.15, -0.1) is 19.7 Å². The summed E-state index contributed by atoms with van der Waals surface area (Å²) >= 11 is 0. The first-order chi connectivity index (χ1) is 10.4. The predicted octanol–water partition coefficient (Wildman–Crippen LogP) is 3.58. The normalized spacial score (nSPS) is 10.0. The lowest BCUT2D eigenvalue weighted by Crippen LogP contribution is -2.18. The molecule has 0 saturated heterocycles. The third kappa shape index (κ3) is 3.17. The summed E-state index contributed by atoms with van der Waals surface area (Å²) in [5, 5.41) is 19.1. The molecular formula is C18H20O4. The first-order valence-electron chi connectivity index (χ1n) is 6.87. The highest BCUT2D eigenvalue weighted by Crippen LogP contribution is 2.30. The van der Waals surface area contributed by atoms with Gasteiger partial charge in [-0.1, -0.05) is 18.2 Å². The highest BCUT2D eigenvalue weighted by Gasteiger charge is 2.27. The standard InChI is InChI=1S/C18H20O4/c1-5-8-12-11(4)13(9-6-2)15(17(19)20)16(18(21)22)14(12)10-7-3/h5-7H,1-3,8-10H2,4H3,(H,19,20)(H,21,22). The summed E-state index contributed by atoms with van der Waals surface area (Å²) in [4.78, 5) is 23.4. The second kappa shape index (κ2) is 7.41. The number of aromatic carboxylic acids is 2. The van der Waals surface area contributed by atoms with Crippen LogP contribution in [0.4, 0.5) is 0 Å². The minimum Gasteiger partial charge on any atom is -0.478 e. The molecule has 0 atom stereocenters. The maximum atomic E-state index is 11.7. The van der Waals surface area contributed by atoms with Gasteiger partial charge in [-0.3, -0.25) is 0 Å². The molecule has 4 nitrogen and oxygen atoms in total. The largest absolute Gasteiger partial charge is 0.478 e.